The number of hydrogen-bond donors (Lipinski definition) is 2. The number of nitrogens with one attached hydrogen (secondary N) is 1. The van der Waals surface area contributed by atoms with Crippen molar-refractivity contribution in [3.05, 3.63) is 58.4 Å². The van der Waals surface area contributed by atoms with E-state index in [9.17, 15) is 4.39 Å². The fourth-order valence-corrected chi connectivity index (χ4v) is 3.67. The van der Waals surface area contributed by atoms with E-state index in [2.05, 4.69) is 5.32 Å². The molecule has 158 valence electrons. The molecule has 29 heavy (non-hydrogen) atoms. The number of quaternary nitrogens is 2. The predicted molar refractivity (Wildman–Crippen MR) is 110 cm³/mol. The molecule has 5 nitrogen and oxygen atoms in total. The van der Waals surface area contributed by atoms with Gasteiger partial charge in [-0.3, -0.25) is 0 Å². The van der Waals surface area contributed by atoms with Gasteiger partial charge in [0.05, 0.1) is 38.4 Å². The Morgan fingerprint density at radius 3 is 2.76 bits per heavy atom. The first kappa shape index (κ1) is 21.8. The van der Waals surface area contributed by atoms with Crippen LogP contribution in [0.4, 0.5) is 4.39 Å². The molecule has 3 N–H and O–H groups in total. The number of ether oxygens (including phenoxy) is 3. The Kier molecular flexibility index (Phi) is 8.55. The molecule has 0 bridgehead atoms. The Labute approximate surface area is 176 Å². The Balaban J connectivity index is 1.46. The maximum absolute atomic E-state index is 13.9. The lowest BCUT2D eigenvalue weighted by Crippen LogP contribution is -3.14. The molecule has 7 heteroatoms. The zero-order valence-electron chi connectivity index (χ0n) is 16.9. The molecule has 1 aliphatic rings. The van der Waals surface area contributed by atoms with Crippen molar-refractivity contribution >= 4 is 11.6 Å². The molecule has 2 aromatic carbocycles. The Bertz CT molecular complexity index is 764. The minimum absolute atomic E-state index is 0.0528. The summed E-state index contributed by atoms with van der Waals surface area (Å²) in [5.74, 6) is 0.842. The largest absolute Gasteiger partial charge is 0.493 e. The summed E-state index contributed by atoms with van der Waals surface area (Å²) in [6.07, 6.45) is 1.19. The Hall–Kier alpha value is -1.86. The van der Waals surface area contributed by atoms with E-state index in [0.29, 0.717) is 22.1 Å². The summed E-state index contributed by atoms with van der Waals surface area (Å²) >= 11 is 6.06. The minimum atomic E-state index is -0.374. The van der Waals surface area contributed by atoms with Crippen LogP contribution in [0, 0.1) is 5.82 Å². The van der Waals surface area contributed by atoms with Gasteiger partial charge < -0.3 is 24.4 Å². The first-order valence-corrected chi connectivity index (χ1v) is 10.5. The molecule has 0 spiro atoms. The normalized spacial score (nSPS) is 14.7. The summed E-state index contributed by atoms with van der Waals surface area (Å²) in [5.41, 5.74) is 1.51. The fourth-order valence-electron chi connectivity index (χ4n) is 3.45. The molecule has 0 amide bonds. The van der Waals surface area contributed by atoms with Gasteiger partial charge in [-0.1, -0.05) is 17.7 Å². The predicted octanol–water partition coefficient (Wildman–Crippen LogP) is 1.44. The maximum Gasteiger partial charge on any atom is 0.161 e. The Morgan fingerprint density at radius 1 is 1.17 bits per heavy atom. The van der Waals surface area contributed by atoms with Crippen LogP contribution in [0.3, 0.4) is 0 Å². The summed E-state index contributed by atoms with van der Waals surface area (Å²) in [5, 5.41) is 2.67. The zero-order valence-corrected chi connectivity index (χ0v) is 17.6. The molecule has 0 atom stereocenters. The molecular formula is C22H30ClFN2O3+2. The number of nitrogens with two attached hydrogens (primary N) is 1. The lowest BCUT2D eigenvalue weighted by atomic mass is 10.2. The second kappa shape index (κ2) is 11.4. The molecule has 1 heterocycles. The maximum atomic E-state index is 13.9. The number of rotatable bonds is 10. The van der Waals surface area contributed by atoms with Gasteiger partial charge in [-0.2, -0.15) is 0 Å². The van der Waals surface area contributed by atoms with Crippen molar-refractivity contribution in [2.24, 2.45) is 0 Å². The van der Waals surface area contributed by atoms with Gasteiger partial charge in [0.15, 0.2) is 11.5 Å². The highest BCUT2D eigenvalue weighted by Gasteiger charge is 2.14. The summed E-state index contributed by atoms with van der Waals surface area (Å²) in [6.45, 7) is 7.25. The lowest BCUT2D eigenvalue weighted by Gasteiger charge is -2.23. The van der Waals surface area contributed by atoms with Crippen LogP contribution in [0.15, 0.2) is 36.4 Å². The van der Waals surface area contributed by atoms with Crippen LogP contribution in [-0.4, -0.2) is 46.5 Å². The minimum Gasteiger partial charge on any atom is -0.493 e. The van der Waals surface area contributed by atoms with E-state index in [0.717, 1.165) is 45.0 Å². The van der Waals surface area contributed by atoms with E-state index in [1.165, 1.54) is 19.0 Å². The third-order valence-electron chi connectivity index (χ3n) is 5.18. The average Bonchev–Trinajstić information content (AvgIpc) is 2.74. The van der Waals surface area contributed by atoms with Gasteiger partial charge in [0.2, 0.25) is 0 Å². The summed E-state index contributed by atoms with van der Waals surface area (Å²) < 4.78 is 30.5. The van der Waals surface area contributed by atoms with Crippen molar-refractivity contribution in [3.63, 3.8) is 0 Å². The van der Waals surface area contributed by atoms with Crippen molar-refractivity contribution in [2.45, 2.75) is 19.6 Å². The highest BCUT2D eigenvalue weighted by Crippen LogP contribution is 2.30. The van der Waals surface area contributed by atoms with E-state index in [1.54, 1.807) is 24.1 Å². The second-order valence-electron chi connectivity index (χ2n) is 7.22. The third-order valence-corrected chi connectivity index (χ3v) is 5.53. The molecule has 0 aliphatic carbocycles. The lowest BCUT2D eigenvalue weighted by molar-refractivity contribution is -0.909. The van der Waals surface area contributed by atoms with Crippen molar-refractivity contribution in [2.75, 3.05) is 46.5 Å². The van der Waals surface area contributed by atoms with Crippen LogP contribution in [0.1, 0.15) is 17.5 Å². The van der Waals surface area contributed by atoms with E-state index in [-0.39, 0.29) is 12.4 Å². The fraction of sp³-hybridized carbons (Fsp3) is 0.455. The molecule has 1 saturated heterocycles. The summed E-state index contributed by atoms with van der Waals surface area (Å²) in [7, 11) is 1.61. The van der Waals surface area contributed by atoms with Gasteiger partial charge in [-0.05, 0) is 30.3 Å². The Morgan fingerprint density at radius 2 is 2.00 bits per heavy atom. The van der Waals surface area contributed by atoms with Crippen LogP contribution >= 0.6 is 11.6 Å². The monoisotopic (exact) mass is 424 g/mol. The van der Waals surface area contributed by atoms with Gasteiger partial charge in [0, 0.05) is 17.5 Å². The van der Waals surface area contributed by atoms with Crippen LogP contribution in [0.5, 0.6) is 11.5 Å². The first-order valence-electron chi connectivity index (χ1n) is 10.1. The molecule has 0 aromatic heterocycles. The first-order chi connectivity index (χ1) is 14.2. The molecule has 2 aromatic rings. The highest BCUT2D eigenvalue weighted by atomic mass is 35.5. The molecule has 0 unspecified atom stereocenters. The molecule has 0 saturated carbocycles. The van der Waals surface area contributed by atoms with E-state index < -0.39 is 0 Å². The second-order valence-corrected chi connectivity index (χ2v) is 7.63. The summed E-state index contributed by atoms with van der Waals surface area (Å²) in [6, 6.07) is 10.5. The van der Waals surface area contributed by atoms with E-state index >= 15 is 0 Å². The van der Waals surface area contributed by atoms with Crippen LogP contribution in [0.2, 0.25) is 5.02 Å². The molecular weight excluding hydrogens is 395 g/mol. The van der Waals surface area contributed by atoms with Crippen LogP contribution in [-0.2, 0) is 17.9 Å². The molecule has 1 aliphatic heterocycles. The van der Waals surface area contributed by atoms with Gasteiger partial charge in [0.25, 0.3) is 0 Å². The van der Waals surface area contributed by atoms with Crippen molar-refractivity contribution in [1.29, 1.82) is 0 Å². The van der Waals surface area contributed by atoms with Gasteiger partial charge in [0.1, 0.15) is 32.1 Å². The quantitative estimate of drug-likeness (QED) is 0.567. The number of morpholine rings is 1. The van der Waals surface area contributed by atoms with Crippen molar-refractivity contribution in [1.82, 2.24) is 0 Å². The van der Waals surface area contributed by atoms with Gasteiger partial charge in [-0.15, -0.1) is 0 Å². The number of methoxy groups -OCH3 is 1. The third kappa shape index (κ3) is 6.57. The van der Waals surface area contributed by atoms with Gasteiger partial charge >= 0.3 is 0 Å². The highest BCUT2D eigenvalue weighted by molar-refractivity contribution is 6.31. The zero-order chi connectivity index (χ0) is 20.5. The van der Waals surface area contributed by atoms with E-state index in [1.807, 2.05) is 18.2 Å². The van der Waals surface area contributed by atoms with Crippen LogP contribution in [0.25, 0.3) is 0 Å². The number of hydrogen-bond acceptors (Lipinski definition) is 3. The standard InChI is InChI=1S/C22H28ClFN2O3/c1-27-22-14-17(15-25-8-3-9-26-10-12-28-13-11-26)6-7-21(22)29-16-18-19(23)4-2-5-20(18)24/h2,4-7,14,25H,3,8-13,15-16H2,1H3/p+2. The van der Waals surface area contributed by atoms with Crippen molar-refractivity contribution in [3.8, 4) is 11.5 Å². The topological polar surface area (TPSA) is 48.7 Å². The number of benzene rings is 2. The molecule has 3 rings (SSSR count). The number of halogens is 2. The van der Waals surface area contributed by atoms with Crippen molar-refractivity contribution < 1.29 is 28.8 Å². The average molecular weight is 425 g/mol. The smallest absolute Gasteiger partial charge is 0.161 e. The van der Waals surface area contributed by atoms with Crippen LogP contribution < -0.4 is 19.7 Å². The van der Waals surface area contributed by atoms with Gasteiger partial charge in [-0.25, -0.2) is 4.39 Å². The molecule has 0 radical (unpaired) electrons. The summed E-state index contributed by atoms with van der Waals surface area (Å²) in [4.78, 5) is 1.64. The van der Waals surface area contributed by atoms with E-state index in [4.69, 9.17) is 25.8 Å². The molecule has 1 fully saturated rings. The SMILES string of the molecule is COc1cc(C[NH2+]CCC[NH+]2CCOCC2)ccc1OCc1c(F)cccc1Cl.